The molecule has 8 heteroatoms. The molecule has 0 amide bonds. The zero-order chi connectivity index (χ0) is 23.2. The van der Waals surface area contributed by atoms with Crippen LogP contribution >= 0.6 is 23.1 Å². The second-order valence-electron chi connectivity index (χ2n) is 8.52. The highest BCUT2D eigenvalue weighted by atomic mass is 32.2. The van der Waals surface area contributed by atoms with Gasteiger partial charge < -0.3 is 8.98 Å². The van der Waals surface area contributed by atoms with Gasteiger partial charge in [-0.1, -0.05) is 36.0 Å². The third-order valence-electron chi connectivity index (χ3n) is 6.15. The molecular formula is C26H22N4O2S2. The summed E-state index contributed by atoms with van der Waals surface area (Å²) in [5.74, 6) is 0.770. The number of carbonyl (C=O) groups is 1. The van der Waals surface area contributed by atoms with Gasteiger partial charge in [0.2, 0.25) is 5.89 Å². The van der Waals surface area contributed by atoms with E-state index in [2.05, 4.69) is 21.7 Å². The van der Waals surface area contributed by atoms with Gasteiger partial charge in [0, 0.05) is 28.4 Å². The number of pyridine rings is 1. The van der Waals surface area contributed by atoms with E-state index in [0.29, 0.717) is 17.2 Å². The van der Waals surface area contributed by atoms with Gasteiger partial charge in [-0.3, -0.25) is 4.79 Å². The topological polar surface area (TPSA) is 73.8 Å². The minimum absolute atomic E-state index is 0.0825. The molecule has 1 aliphatic carbocycles. The van der Waals surface area contributed by atoms with Crippen LogP contribution in [0.3, 0.4) is 0 Å². The highest BCUT2D eigenvalue weighted by Crippen LogP contribution is 2.39. The summed E-state index contributed by atoms with van der Waals surface area (Å²) in [7, 11) is 0. The van der Waals surface area contributed by atoms with Crippen LogP contribution in [0.4, 0.5) is 0 Å². The monoisotopic (exact) mass is 486 g/mol. The lowest BCUT2D eigenvalue weighted by molar-refractivity contribution is 0.102. The number of hydrogen-bond donors (Lipinski definition) is 0. The third-order valence-corrected chi connectivity index (χ3v) is 7.86. The van der Waals surface area contributed by atoms with Crippen LogP contribution in [-0.2, 0) is 0 Å². The van der Waals surface area contributed by atoms with Crippen molar-refractivity contribution in [2.75, 3.05) is 5.75 Å². The molecule has 0 aliphatic heterocycles. The molecule has 1 fully saturated rings. The van der Waals surface area contributed by atoms with E-state index in [1.165, 1.54) is 24.6 Å². The number of Topliss-reactive ketones (excluding diaryl/α,β-unsaturated/α-hetero) is 1. The zero-order valence-corrected chi connectivity index (χ0v) is 20.4. The Morgan fingerprint density at radius 3 is 2.79 bits per heavy atom. The summed E-state index contributed by atoms with van der Waals surface area (Å²) in [4.78, 5) is 18.8. The van der Waals surface area contributed by atoms with Gasteiger partial charge in [-0.25, -0.2) is 4.98 Å². The lowest BCUT2D eigenvalue weighted by Crippen LogP contribution is -2.05. The van der Waals surface area contributed by atoms with E-state index in [-0.39, 0.29) is 11.5 Å². The Balaban J connectivity index is 1.26. The van der Waals surface area contributed by atoms with Crippen molar-refractivity contribution in [3.63, 3.8) is 0 Å². The number of para-hydroxylation sites is 1. The Kier molecular flexibility index (Phi) is 5.34. The summed E-state index contributed by atoms with van der Waals surface area (Å²) in [6.07, 6.45) is 2.39. The second kappa shape index (κ2) is 8.52. The predicted molar refractivity (Wildman–Crippen MR) is 136 cm³/mol. The Bertz CT molecular complexity index is 1510. The number of benzene rings is 1. The van der Waals surface area contributed by atoms with Gasteiger partial charge in [0.15, 0.2) is 5.78 Å². The third kappa shape index (κ3) is 3.86. The number of aromatic nitrogens is 4. The number of hydrogen-bond acceptors (Lipinski definition) is 7. The van der Waals surface area contributed by atoms with Crippen molar-refractivity contribution in [2.45, 2.75) is 38.0 Å². The molecule has 1 saturated carbocycles. The van der Waals surface area contributed by atoms with Crippen molar-refractivity contribution in [3.8, 4) is 22.0 Å². The molecule has 34 heavy (non-hydrogen) atoms. The highest BCUT2D eigenvalue weighted by molar-refractivity contribution is 7.99. The summed E-state index contributed by atoms with van der Waals surface area (Å²) in [6.45, 7) is 4.11. The Labute approximate surface area is 205 Å². The number of fused-ring (bicyclic) bond motifs is 1. The fourth-order valence-corrected chi connectivity index (χ4v) is 5.77. The smallest absolute Gasteiger partial charge is 0.277 e. The maximum absolute atomic E-state index is 12.9. The van der Waals surface area contributed by atoms with Crippen LogP contribution in [0.1, 0.15) is 40.6 Å². The van der Waals surface area contributed by atoms with Gasteiger partial charge in [-0.05, 0) is 56.3 Å². The normalized spacial score (nSPS) is 13.6. The largest absolute Gasteiger partial charge is 0.411 e. The Hall–Kier alpha value is -3.23. The second-order valence-corrected chi connectivity index (χ2v) is 10.4. The van der Waals surface area contributed by atoms with E-state index in [4.69, 9.17) is 9.40 Å². The van der Waals surface area contributed by atoms with Crippen molar-refractivity contribution < 1.29 is 9.21 Å². The van der Waals surface area contributed by atoms with Crippen molar-refractivity contribution in [1.82, 2.24) is 19.7 Å². The number of thiophene rings is 1. The number of carbonyl (C=O) groups excluding carboxylic acids is 1. The van der Waals surface area contributed by atoms with Crippen molar-refractivity contribution in [2.24, 2.45) is 0 Å². The van der Waals surface area contributed by atoms with Gasteiger partial charge in [0.05, 0.1) is 27.4 Å². The van der Waals surface area contributed by atoms with Crippen LogP contribution in [0.5, 0.6) is 0 Å². The van der Waals surface area contributed by atoms with Crippen LogP contribution in [0.15, 0.2) is 63.6 Å². The Morgan fingerprint density at radius 1 is 1.15 bits per heavy atom. The van der Waals surface area contributed by atoms with Crippen LogP contribution in [0.2, 0.25) is 0 Å². The molecule has 4 aromatic heterocycles. The van der Waals surface area contributed by atoms with Crippen LogP contribution in [0, 0.1) is 13.8 Å². The maximum Gasteiger partial charge on any atom is 0.277 e. The van der Waals surface area contributed by atoms with E-state index in [1.54, 1.807) is 11.3 Å². The van der Waals surface area contributed by atoms with E-state index in [1.807, 2.05) is 60.8 Å². The number of nitrogens with zero attached hydrogens (tertiary/aromatic N) is 4. The molecule has 0 radical (unpaired) electrons. The standard InChI is InChI=1S/C26H22N4O2S2/c1-15-12-19(16(2)30(15)17-9-10-17)23(31)14-34-26-29-28-25(32-26)20-13-22(24-8-5-11-33-24)27-21-7-4-3-6-18(20)21/h3-8,11-13,17H,9-10,14H2,1-2H3. The van der Waals surface area contributed by atoms with E-state index < -0.39 is 0 Å². The van der Waals surface area contributed by atoms with Crippen LogP contribution in [0.25, 0.3) is 32.9 Å². The minimum Gasteiger partial charge on any atom is -0.411 e. The SMILES string of the molecule is Cc1cc(C(=O)CSc2nnc(-c3cc(-c4cccs4)nc4ccccc34)o2)c(C)n1C1CC1. The molecule has 0 N–H and O–H groups in total. The number of thioether (sulfide) groups is 1. The van der Waals surface area contributed by atoms with Crippen molar-refractivity contribution in [1.29, 1.82) is 0 Å². The summed E-state index contributed by atoms with van der Waals surface area (Å²) >= 11 is 2.92. The van der Waals surface area contributed by atoms with E-state index in [0.717, 1.165) is 44.0 Å². The molecule has 0 spiro atoms. The first-order chi connectivity index (χ1) is 16.6. The summed E-state index contributed by atoms with van der Waals surface area (Å²) in [5.41, 5.74) is 5.58. The molecule has 1 aromatic carbocycles. The number of rotatable bonds is 7. The van der Waals surface area contributed by atoms with Crippen LogP contribution in [-0.4, -0.2) is 31.3 Å². The van der Waals surface area contributed by atoms with Gasteiger partial charge in [-0.15, -0.1) is 21.5 Å². The summed E-state index contributed by atoms with van der Waals surface area (Å²) in [5, 5.41) is 11.9. The molecule has 0 unspecified atom stereocenters. The molecule has 0 bridgehead atoms. The lowest BCUT2D eigenvalue weighted by atomic mass is 10.1. The maximum atomic E-state index is 12.9. The fraction of sp³-hybridized carbons (Fsp3) is 0.231. The summed E-state index contributed by atoms with van der Waals surface area (Å²) in [6, 6.07) is 16.6. The van der Waals surface area contributed by atoms with Gasteiger partial charge >= 0.3 is 0 Å². The first-order valence-corrected chi connectivity index (χ1v) is 13.1. The summed E-state index contributed by atoms with van der Waals surface area (Å²) < 4.78 is 8.30. The molecule has 0 atom stereocenters. The first kappa shape index (κ1) is 21.3. The lowest BCUT2D eigenvalue weighted by Gasteiger charge is -2.07. The van der Waals surface area contributed by atoms with Crippen molar-refractivity contribution >= 4 is 39.8 Å². The number of aryl methyl sites for hydroxylation is 1. The molecule has 5 aromatic rings. The minimum atomic E-state index is 0.0825. The van der Waals surface area contributed by atoms with Gasteiger partial charge in [0.25, 0.3) is 5.22 Å². The van der Waals surface area contributed by atoms with Gasteiger partial charge in [0.1, 0.15) is 0 Å². The molecule has 6 rings (SSSR count). The average Bonchev–Trinajstić information content (AvgIpc) is 3.24. The predicted octanol–water partition coefficient (Wildman–Crippen LogP) is 6.74. The molecule has 170 valence electrons. The fourth-order valence-electron chi connectivity index (χ4n) is 4.44. The molecule has 6 nitrogen and oxygen atoms in total. The first-order valence-electron chi connectivity index (χ1n) is 11.2. The average molecular weight is 487 g/mol. The van der Waals surface area contributed by atoms with Gasteiger partial charge in [-0.2, -0.15) is 0 Å². The van der Waals surface area contributed by atoms with E-state index in [9.17, 15) is 4.79 Å². The quantitative estimate of drug-likeness (QED) is 0.187. The molecule has 0 saturated heterocycles. The van der Waals surface area contributed by atoms with Crippen molar-refractivity contribution in [3.05, 3.63) is 70.9 Å². The van der Waals surface area contributed by atoms with Crippen LogP contribution < -0.4 is 0 Å². The highest BCUT2D eigenvalue weighted by Gasteiger charge is 2.28. The van der Waals surface area contributed by atoms with E-state index >= 15 is 0 Å². The zero-order valence-electron chi connectivity index (χ0n) is 18.8. The number of ketones is 1. The molecular weight excluding hydrogens is 464 g/mol. The Morgan fingerprint density at radius 2 is 2.00 bits per heavy atom. The molecule has 4 heterocycles. The molecule has 1 aliphatic rings.